The molecule has 0 saturated heterocycles. The molecule has 0 spiro atoms. The van der Waals surface area contributed by atoms with Crippen LogP contribution in [0.1, 0.15) is 18.1 Å². The van der Waals surface area contributed by atoms with E-state index in [1.807, 2.05) is 44.4 Å². The van der Waals surface area contributed by atoms with Gasteiger partial charge < -0.3 is 10.6 Å². The number of hydrogen-bond donors (Lipinski definition) is 1. The summed E-state index contributed by atoms with van der Waals surface area (Å²) >= 11 is 0. The van der Waals surface area contributed by atoms with Crippen molar-refractivity contribution >= 4 is 0 Å². The van der Waals surface area contributed by atoms with Crippen molar-refractivity contribution in [3.05, 3.63) is 71.5 Å². The monoisotopic (exact) mass is 286 g/mol. The lowest BCUT2D eigenvalue weighted by Crippen LogP contribution is -2.54. The van der Waals surface area contributed by atoms with E-state index in [0.717, 1.165) is 11.1 Å². The van der Waals surface area contributed by atoms with Gasteiger partial charge in [0.25, 0.3) is 0 Å². The van der Waals surface area contributed by atoms with Crippen LogP contribution < -0.4 is 5.73 Å². The summed E-state index contributed by atoms with van der Waals surface area (Å²) in [5, 5.41) is 0. The van der Waals surface area contributed by atoms with E-state index in [4.69, 9.17) is 5.73 Å². The molecule has 2 aromatic rings. The number of halogens is 1. The van der Waals surface area contributed by atoms with Crippen molar-refractivity contribution in [2.75, 3.05) is 14.1 Å². The van der Waals surface area contributed by atoms with Crippen LogP contribution in [0.4, 0.5) is 4.39 Å². The highest BCUT2D eigenvalue weighted by molar-refractivity contribution is 5.30. The van der Waals surface area contributed by atoms with Crippen molar-refractivity contribution in [3.8, 4) is 0 Å². The topological polar surface area (TPSA) is 29.3 Å². The number of nitrogens with zero attached hydrogens (tertiary/aromatic N) is 1. The summed E-state index contributed by atoms with van der Waals surface area (Å²) in [6.07, 6.45) is 0.663. The van der Waals surface area contributed by atoms with Crippen LogP contribution >= 0.6 is 0 Å². The standard InChI is InChI=1S/C18H23FN2/c1-14(21(2)3)18(20,16-7-5-4-6-8-16)13-15-9-11-17(19)12-10-15/h4-12,14H,13,20H2,1-3H3. The van der Waals surface area contributed by atoms with Crippen molar-refractivity contribution in [2.45, 2.75) is 24.9 Å². The first-order valence-corrected chi connectivity index (χ1v) is 7.19. The minimum absolute atomic E-state index is 0.143. The van der Waals surface area contributed by atoms with Gasteiger partial charge in [-0.1, -0.05) is 42.5 Å². The van der Waals surface area contributed by atoms with Gasteiger partial charge in [-0.3, -0.25) is 0 Å². The Labute approximate surface area is 126 Å². The summed E-state index contributed by atoms with van der Waals surface area (Å²) in [6, 6.07) is 16.8. The van der Waals surface area contributed by atoms with Crippen molar-refractivity contribution < 1.29 is 4.39 Å². The molecule has 2 rings (SSSR count). The Balaban J connectivity index is 2.39. The predicted molar refractivity (Wildman–Crippen MR) is 85.6 cm³/mol. The van der Waals surface area contributed by atoms with Crippen molar-refractivity contribution in [2.24, 2.45) is 5.73 Å². The van der Waals surface area contributed by atoms with E-state index < -0.39 is 5.54 Å². The Morgan fingerprint density at radius 2 is 1.62 bits per heavy atom. The molecule has 0 heterocycles. The molecular weight excluding hydrogens is 263 g/mol. The predicted octanol–water partition coefficient (Wildman–Crippen LogP) is 3.17. The smallest absolute Gasteiger partial charge is 0.123 e. The Hall–Kier alpha value is -1.71. The van der Waals surface area contributed by atoms with Crippen LogP contribution in [0.2, 0.25) is 0 Å². The number of benzene rings is 2. The summed E-state index contributed by atoms with van der Waals surface area (Å²) in [6.45, 7) is 2.12. The number of likely N-dealkylation sites (N-methyl/N-ethyl adjacent to an activating group) is 1. The highest BCUT2D eigenvalue weighted by Gasteiger charge is 2.35. The molecule has 0 aliphatic rings. The third kappa shape index (κ3) is 3.49. The molecule has 2 atom stereocenters. The lowest BCUT2D eigenvalue weighted by Gasteiger charge is -2.40. The molecule has 2 aromatic carbocycles. The lowest BCUT2D eigenvalue weighted by molar-refractivity contribution is 0.190. The van der Waals surface area contributed by atoms with E-state index >= 15 is 0 Å². The fraction of sp³-hybridized carbons (Fsp3) is 0.333. The summed E-state index contributed by atoms with van der Waals surface area (Å²) < 4.78 is 13.1. The zero-order chi connectivity index (χ0) is 15.5. The Kier molecular flexibility index (Phi) is 4.76. The average molecular weight is 286 g/mol. The molecule has 0 aromatic heterocycles. The van der Waals surface area contributed by atoms with Crippen LogP contribution in [0.3, 0.4) is 0 Å². The molecule has 0 aliphatic carbocycles. The summed E-state index contributed by atoms with van der Waals surface area (Å²) in [5.74, 6) is -0.221. The van der Waals surface area contributed by atoms with Crippen LogP contribution in [0.25, 0.3) is 0 Å². The molecule has 2 N–H and O–H groups in total. The third-order valence-corrected chi connectivity index (χ3v) is 4.24. The third-order valence-electron chi connectivity index (χ3n) is 4.24. The normalized spacial score (nSPS) is 15.7. The molecule has 3 heteroatoms. The number of hydrogen-bond acceptors (Lipinski definition) is 2. The zero-order valence-corrected chi connectivity index (χ0v) is 12.9. The Bertz CT molecular complexity index is 566. The van der Waals surface area contributed by atoms with Gasteiger partial charge in [0.2, 0.25) is 0 Å². The second-order valence-corrected chi connectivity index (χ2v) is 5.85. The van der Waals surface area contributed by atoms with Gasteiger partial charge in [0.15, 0.2) is 0 Å². The van der Waals surface area contributed by atoms with Crippen LogP contribution in [0.15, 0.2) is 54.6 Å². The van der Waals surface area contributed by atoms with Gasteiger partial charge in [-0.25, -0.2) is 4.39 Å². The molecule has 0 bridgehead atoms. The first-order valence-electron chi connectivity index (χ1n) is 7.19. The maximum atomic E-state index is 13.1. The number of nitrogens with two attached hydrogens (primary N) is 1. The molecule has 0 amide bonds. The lowest BCUT2D eigenvalue weighted by atomic mass is 9.79. The van der Waals surface area contributed by atoms with Crippen molar-refractivity contribution in [1.29, 1.82) is 0 Å². The molecule has 2 unspecified atom stereocenters. The van der Waals surface area contributed by atoms with Crippen molar-refractivity contribution in [3.63, 3.8) is 0 Å². The Morgan fingerprint density at radius 1 is 1.05 bits per heavy atom. The summed E-state index contributed by atoms with van der Waals surface area (Å²) in [5.41, 5.74) is 8.40. The van der Waals surface area contributed by atoms with Gasteiger partial charge in [0.05, 0.1) is 5.54 Å². The van der Waals surface area contributed by atoms with Crippen LogP contribution in [0, 0.1) is 5.82 Å². The average Bonchev–Trinajstić information content (AvgIpc) is 2.49. The molecule has 0 radical (unpaired) electrons. The maximum Gasteiger partial charge on any atom is 0.123 e. The molecule has 0 fully saturated rings. The maximum absolute atomic E-state index is 13.1. The summed E-state index contributed by atoms with van der Waals surface area (Å²) in [4.78, 5) is 2.12. The molecule has 21 heavy (non-hydrogen) atoms. The van der Waals surface area contributed by atoms with E-state index in [1.54, 1.807) is 0 Å². The quantitative estimate of drug-likeness (QED) is 0.914. The van der Waals surface area contributed by atoms with Gasteiger partial charge in [0, 0.05) is 6.04 Å². The van der Waals surface area contributed by atoms with E-state index in [2.05, 4.69) is 24.0 Å². The number of rotatable bonds is 5. The summed E-state index contributed by atoms with van der Waals surface area (Å²) in [7, 11) is 4.06. The van der Waals surface area contributed by atoms with E-state index in [-0.39, 0.29) is 11.9 Å². The van der Waals surface area contributed by atoms with Gasteiger partial charge >= 0.3 is 0 Å². The van der Waals surface area contributed by atoms with Crippen LogP contribution in [-0.2, 0) is 12.0 Å². The first-order chi connectivity index (χ1) is 9.93. The van der Waals surface area contributed by atoms with Gasteiger partial charge in [-0.15, -0.1) is 0 Å². The van der Waals surface area contributed by atoms with Gasteiger partial charge in [0.1, 0.15) is 5.82 Å². The molecular formula is C18H23FN2. The highest BCUT2D eigenvalue weighted by atomic mass is 19.1. The SMILES string of the molecule is CC(N(C)C)C(N)(Cc1ccc(F)cc1)c1ccccc1. The largest absolute Gasteiger partial charge is 0.320 e. The van der Waals surface area contributed by atoms with E-state index in [1.165, 1.54) is 12.1 Å². The van der Waals surface area contributed by atoms with E-state index in [9.17, 15) is 4.39 Å². The Morgan fingerprint density at radius 3 is 2.14 bits per heavy atom. The minimum Gasteiger partial charge on any atom is -0.320 e. The second-order valence-electron chi connectivity index (χ2n) is 5.85. The molecule has 0 aliphatic heterocycles. The van der Waals surface area contributed by atoms with Crippen LogP contribution in [-0.4, -0.2) is 25.0 Å². The highest BCUT2D eigenvalue weighted by Crippen LogP contribution is 2.29. The van der Waals surface area contributed by atoms with Crippen LogP contribution in [0.5, 0.6) is 0 Å². The van der Waals surface area contributed by atoms with E-state index in [0.29, 0.717) is 6.42 Å². The second kappa shape index (κ2) is 6.37. The molecule has 2 nitrogen and oxygen atoms in total. The van der Waals surface area contributed by atoms with Gasteiger partial charge in [-0.05, 0) is 50.7 Å². The first kappa shape index (κ1) is 15.7. The fourth-order valence-electron chi connectivity index (χ4n) is 2.64. The zero-order valence-electron chi connectivity index (χ0n) is 12.9. The van der Waals surface area contributed by atoms with Gasteiger partial charge in [-0.2, -0.15) is 0 Å². The fourth-order valence-corrected chi connectivity index (χ4v) is 2.64. The molecule has 112 valence electrons. The van der Waals surface area contributed by atoms with Crippen molar-refractivity contribution in [1.82, 2.24) is 4.90 Å². The minimum atomic E-state index is -0.525. The molecule has 0 saturated carbocycles.